The van der Waals surface area contributed by atoms with E-state index in [-0.39, 0.29) is 5.91 Å². The van der Waals surface area contributed by atoms with Gasteiger partial charge in [-0.15, -0.1) is 11.3 Å². The van der Waals surface area contributed by atoms with Gasteiger partial charge in [-0.1, -0.05) is 29.8 Å². The normalized spacial score (nSPS) is 10.5. The number of amides is 1. The number of nitrogens with zero attached hydrogens (tertiary/aromatic N) is 1. The Bertz CT molecular complexity index is 1010. The second kappa shape index (κ2) is 9.15. The number of aryl methyl sites for hydroxylation is 1. The van der Waals surface area contributed by atoms with Crippen LogP contribution in [0.1, 0.15) is 26.4 Å². The lowest BCUT2D eigenvalue weighted by atomic mass is 10.1. The molecule has 152 valence electrons. The summed E-state index contributed by atoms with van der Waals surface area (Å²) < 4.78 is 15.9. The fourth-order valence-corrected chi connectivity index (χ4v) is 3.88. The number of nitrogens with one attached hydrogen (secondary N) is 1. The maximum atomic E-state index is 12.7. The molecule has 3 rings (SSSR count). The molecule has 0 radical (unpaired) electrons. The van der Waals surface area contributed by atoms with E-state index in [9.17, 15) is 4.79 Å². The largest absolute Gasteiger partial charge is 0.493 e. The quantitative estimate of drug-likeness (QED) is 0.570. The number of carbonyl (C=O) groups excluding carboxylic acids is 1. The van der Waals surface area contributed by atoms with Crippen molar-refractivity contribution in [3.8, 4) is 17.2 Å². The topological polar surface area (TPSA) is 69.7 Å². The van der Waals surface area contributed by atoms with E-state index in [0.717, 1.165) is 21.0 Å². The van der Waals surface area contributed by atoms with E-state index in [0.29, 0.717) is 34.4 Å². The van der Waals surface area contributed by atoms with Crippen LogP contribution in [0, 0.1) is 6.92 Å². The van der Waals surface area contributed by atoms with Gasteiger partial charge < -0.3 is 14.2 Å². The molecule has 0 atom stereocenters. The molecule has 29 heavy (non-hydrogen) atoms. The van der Waals surface area contributed by atoms with Crippen LogP contribution in [0.25, 0.3) is 0 Å². The molecule has 3 aromatic rings. The lowest BCUT2D eigenvalue weighted by molar-refractivity contribution is 0.102. The summed E-state index contributed by atoms with van der Waals surface area (Å²) in [5, 5.41) is 4.07. The van der Waals surface area contributed by atoms with Crippen LogP contribution in [0.5, 0.6) is 17.2 Å². The van der Waals surface area contributed by atoms with Crippen LogP contribution in [-0.2, 0) is 6.42 Å². The number of ether oxygens (including phenoxy) is 3. The van der Waals surface area contributed by atoms with Crippen LogP contribution < -0.4 is 19.5 Å². The van der Waals surface area contributed by atoms with Gasteiger partial charge in [0.05, 0.1) is 21.3 Å². The zero-order valence-corrected chi connectivity index (χ0v) is 18.1. The molecule has 0 bridgehead atoms. The van der Waals surface area contributed by atoms with Crippen LogP contribution >= 0.6 is 22.9 Å². The van der Waals surface area contributed by atoms with Crippen LogP contribution in [-0.4, -0.2) is 32.2 Å². The third-order valence-corrected chi connectivity index (χ3v) is 5.79. The van der Waals surface area contributed by atoms with E-state index in [4.69, 9.17) is 25.8 Å². The number of carbonyl (C=O) groups is 1. The van der Waals surface area contributed by atoms with Gasteiger partial charge in [0.1, 0.15) is 0 Å². The first-order chi connectivity index (χ1) is 14.0. The fraction of sp³-hybridized carbons (Fsp3) is 0.238. The Morgan fingerprint density at radius 2 is 1.83 bits per heavy atom. The number of methoxy groups -OCH3 is 3. The summed E-state index contributed by atoms with van der Waals surface area (Å²) in [7, 11) is 4.52. The molecule has 0 spiro atoms. The highest BCUT2D eigenvalue weighted by atomic mass is 35.5. The molecule has 1 amide bonds. The number of hydrogen-bond acceptors (Lipinski definition) is 6. The van der Waals surface area contributed by atoms with Crippen LogP contribution in [0.3, 0.4) is 0 Å². The predicted molar refractivity (Wildman–Crippen MR) is 115 cm³/mol. The van der Waals surface area contributed by atoms with E-state index < -0.39 is 0 Å². The number of aromatic nitrogens is 1. The molecule has 0 aliphatic heterocycles. The first kappa shape index (κ1) is 21.0. The number of anilines is 1. The highest BCUT2D eigenvalue weighted by molar-refractivity contribution is 7.15. The van der Waals surface area contributed by atoms with Crippen molar-refractivity contribution in [3.63, 3.8) is 0 Å². The Labute approximate surface area is 178 Å². The summed E-state index contributed by atoms with van der Waals surface area (Å²) >= 11 is 7.78. The Hall–Kier alpha value is -2.77. The average molecular weight is 433 g/mol. The van der Waals surface area contributed by atoms with Crippen molar-refractivity contribution in [1.82, 2.24) is 4.98 Å². The van der Waals surface area contributed by atoms with Crippen molar-refractivity contribution < 1.29 is 19.0 Å². The zero-order chi connectivity index (χ0) is 21.0. The maximum Gasteiger partial charge on any atom is 0.257 e. The van der Waals surface area contributed by atoms with Gasteiger partial charge >= 0.3 is 0 Å². The molecule has 0 saturated heterocycles. The van der Waals surface area contributed by atoms with E-state index in [1.165, 1.54) is 32.7 Å². The van der Waals surface area contributed by atoms with Crippen molar-refractivity contribution in [1.29, 1.82) is 0 Å². The number of thiazole rings is 1. The molecule has 0 aliphatic rings. The Morgan fingerprint density at radius 3 is 2.45 bits per heavy atom. The second-order valence-electron chi connectivity index (χ2n) is 6.22. The first-order valence-corrected chi connectivity index (χ1v) is 9.96. The number of halogens is 1. The highest BCUT2D eigenvalue weighted by Gasteiger charge is 2.18. The third kappa shape index (κ3) is 4.63. The summed E-state index contributed by atoms with van der Waals surface area (Å²) in [6, 6.07) is 9.13. The van der Waals surface area contributed by atoms with Gasteiger partial charge in [-0.05, 0) is 30.2 Å². The number of rotatable bonds is 7. The highest BCUT2D eigenvalue weighted by Crippen LogP contribution is 2.38. The lowest BCUT2D eigenvalue weighted by Crippen LogP contribution is -2.12. The maximum absolute atomic E-state index is 12.7. The fourth-order valence-electron chi connectivity index (χ4n) is 2.86. The number of benzene rings is 2. The van der Waals surface area contributed by atoms with Crippen LogP contribution in [0.2, 0.25) is 5.02 Å². The molecule has 0 fully saturated rings. The van der Waals surface area contributed by atoms with Gasteiger partial charge in [-0.2, -0.15) is 0 Å². The molecular weight excluding hydrogens is 412 g/mol. The first-order valence-electron chi connectivity index (χ1n) is 8.76. The van der Waals surface area contributed by atoms with E-state index in [1.54, 1.807) is 18.3 Å². The lowest BCUT2D eigenvalue weighted by Gasteiger charge is -2.13. The Kier molecular flexibility index (Phi) is 6.61. The summed E-state index contributed by atoms with van der Waals surface area (Å²) in [5.41, 5.74) is 2.43. The minimum Gasteiger partial charge on any atom is -0.493 e. The molecule has 6 nitrogen and oxygen atoms in total. The van der Waals surface area contributed by atoms with Crippen molar-refractivity contribution in [2.24, 2.45) is 0 Å². The SMILES string of the molecule is COc1cc(C(=O)Nc2ncc(Cc3cccc(C)c3Cl)s2)cc(OC)c1OC. The Balaban J connectivity index is 1.77. The van der Waals surface area contributed by atoms with Crippen molar-refractivity contribution in [2.75, 3.05) is 26.6 Å². The summed E-state index contributed by atoms with van der Waals surface area (Å²) in [6.07, 6.45) is 2.40. The van der Waals surface area contributed by atoms with Crippen molar-refractivity contribution >= 4 is 34.0 Å². The van der Waals surface area contributed by atoms with Crippen LogP contribution in [0.15, 0.2) is 36.5 Å². The monoisotopic (exact) mass is 432 g/mol. The molecule has 1 heterocycles. The van der Waals surface area contributed by atoms with Gasteiger partial charge in [0.25, 0.3) is 5.91 Å². The van der Waals surface area contributed by atoms with Gasteiger partial charge in [0.2, 0.25) is 5.75 Å². The minimum atomic E-state index is -0.321. The molecular formula is C21H21ClN2O4S. The number of hydrogen-bond donors (Lipinski definition) is 1. The molecule has 0 aliphatic carbocycles. The van der Waals surface area contributed by atoms with Crippen molar-refractivity contribution in [3.05, 3.63) is 63.1 Å². The van der Waals surface area contributed by atoms with Crippen LogP contribution in [0.4, 0.5) is 5.13 Å². The van der Waals surface area contributed by atoms with E-state index >= 15 is 0 Å². The van der Waals surface area contributed by atoms with E-state index in [2.05, 4.69) is 10.3 Å². The molecule has 1 aromatic heterocycles. The molecule has 1 N–H and O–H groups in total. The predicted octanol–water partition coefficient (Wildman–Crippen LogP) is 4.97. The van der Waals surface area contributed by atoms with Crippen molar-refractivity contribution in [2.45, 2.75) is 13.3 Å². The Morgan fingerprint density at radius 1 is 1.14 bits per heavy atom. The molecule has 0 saturated carbocycles. The third-order valence-electron chi connectivity index (χ3n) is 4.34. The standard InChI is InChI=1S/C21H21ClN2O4S/c1-12-6-5-7-13(18(12)22)8-15-11-23-21(29-15)24-20(25)14-9-16(26-2)19(28-4)17(10-14)27-3/h5-7,9-11H,8H2,1-4H3,(H,23,24,25). The summed E-state index contributed by atoms with van der Waals surface area (Å²) in [4.78, 5) is 18.0. The zero-order valence-electron chi connectivity index (χ0n) is 16.5. The molecule has 0 unspecified atom stereocenters. The molecule has 2 aromatic carbocycles. The average Bonchev–Trinajstić information content (AvgIpc) is 3.16. The van der Waals surface area contributed by atoms with E-state index in [1.807, 2.05) is 25.1 Å². The van der Waals surface area contributed by atoms with Gasteiger partial charge in [0, 0.05) is 28.1 Å². The summed E-state index contributed by atoms with van der Waals surface area (Å²) in [6.45, 7) is 1.97. The van der Waals surface area contributed by atoms with Gasteiger partial charge in [-0.25, -0.2) is 4.98 Å². The minimum absolute atomic E-state index is 0.321. The molecule has 8 heteroatoms. The van der Waals surface area contributed by atoms with Gasteiger partial charge in [0.15, 0.2) is 16.6 Å². The smallest absolute Gasteiger partial charge is 0.257 e. The van der Waals surface area contributed by atoms with Gasteiger partial charge in [-0.3, -0.25) is 10.1 Å². The second-order valence-corrected chi connectivity index (χ2v) is 7.72. The summed E-state index contributed by atoms with van der Waals surface area (Å²) in [5.74, 6) is 0.925.